The van der Waals surface area contributed by atoms with Gasteiger partial charge >= 0.3 is 5.97 Å². The van der Waals surface area contributed by atoms with Gasteiger partial charge in [0.1, 0.15) is 5.69 Å². The number of carbonyl (C=O) groups excluding carboxylic acids is 1. The molecular formula is C17H11ClN2O3. The molecule has 0 aliphatic rings. The third kappa shape index (κ3) is 2.86. The highest BCUT2D eigenvalue weighted by atomic mass is 35.5. The largest absolute Gasteiger partial charge is 0.478 e. The van der Waals surface area contributed by atoms with Gasteiger partial charge in [-0.25, -0.2) is 9.48 Å². The molecule has 1 aromatic heterocycles. The van der Waals surface area contributed by atoms with Crippen LogP contribution in [0.2, 0.25) is 5.02 Å². The van der Waals surface area contributed by atoms with Crippen LogP contribution < -0.4 is 0 Å². The Kier molecular flexibility index (Phi) is 3.95. The van der Waals surface area contributed by atoms with Crippen molar-refractivity contribution in [1.82, 2.24) is 9.78 Å². The van der Waals surface area contributed by atoms with Gasteiger partial charge in [0.25, 0.3) is 0 Å². The van der Waals surface area contributed by atoms with Gasteiger partial charge in [0.05, 0.1) is 21.8 Å². The number of aromatic nitrogens is 2. The Morgan fingerprint density at radius 2 is 1.83 bits per heavy atom. The van der Waals surface area contributed by atoms with E-state index in [0.29, 0.717) is 33.8 Å². The minimum absolute atomic E-state index is 0.183. The number of benzene rings is 2. The molecule has 3 rings (SSSR count). The Bertz CT molecular complexity index is 885. The fraction of sp³-hybridized carbons (Fsp3) is 0. The summed E-state index contributed by atoms with van der Waals surface area (Å²) in [4.78, 5) is 22.2. The maximum absolute atomic E-state index is 11.3. The predicted molar refractivity (Wildman–Crippen MR) is 86.4 cm³/mol. The number of nitrogens with zero attached hydrogens (tertiary/aromatic N) is 2. The first-order valence-electron chi connectivity index (χ1n) is 6.73. The molecule has 0 spiro atoms. The Labute approximate surface area is 136 Å². The molecule has 0 saturated carbocycles. The van der Waals surface area contributed by atoms with E-state index in [0.717, 1.165) is 0 Å². The Morgan fingerprint density at radius 3 is 2.43 bits per heavy atom. The van der Waals surface area contributed by atoms with E-state index >= 15 is 0 Å². The number of hydrogen-bond donors (Lipinski definition) is 1. The van der Waals surface area contributed by atoms with E-state index in [9.17, 15) is 9.59 Å². The van der Waals surface area contributed by atoms with Crippen LogP contribution in [0.15, 0.2) is 54.7 Å². The van der Waals surface area contributed by atoms with Gasteiger partial charge in [0.15, 0.2) is 6.29 Å². The summed E-state index contributed by atoms with van der Waals surface area (Å²) in [6.45, 7) is 0. The van der Waals surface area contributed by atoms with Crippen molar-refractivity contribution in [3.63, 3.8) is 0 Å². The number of aldehydes is 1. The molecule has 2 aromatic carbocycles. The number of hydrogen-bond acceptors (Lipinski definition) is 3. The molecule has 3 aromatic rings. The predicted octanol–water partition coefficient (Wildman–Crippen LogP) is 3.70. The van der Waals surface area contributed by atoms with Gasteiger partial charge in [-0.2, -0.15) is 5.10 Å². The Hall–Kier alpha value is -2.92. The molecule has 1 N–H and O–H groups in total. The van der Waals surface area contributed by atoms with Crippen molar-refractivity contribution < 1.29 is 14.7 Å². The summed E-state index contributed by atoms with van der Waals surface area (Å²) in [6.07, 6.45) is 2.30. The molecule has 0 aliphatic heterocycles. The first-order valence-corrected chi connectivity index (χ1v) is 7.11. The van der Waals surface area contributed by atoms with Crippen LogP contribution in [0, 0.1) is 0 Å². The number of halogens is 1. The number of rotatable bonds is 4. The topological polar surface area (TPSA) is 72.2 Å². The van der Waals surface area contributed by atoms with Gasteiger partial charge in [-0.1, -0.05) is 29.8 Å². The standard InChI is InChI=1S/C17H11ClN2O3/c18-15-4-2-1-3-14(15)16-12(10-21)9-20(19-16)13-7-5-11(6-8-13)17(22)23/h1-10H,(H,22,23). The van der Waals surface area contributed by atoms with E-state index in [1.807, 2.05) is 6.07 Å². The lowest BCUT2D eigenvalue weighted by Crippen LogP contribution is -1.99. The van der Waals surface area contributed by atoms with Gasteiger partial charge < -0.3 is 5.11 Å². The first kappa shape index (κ1) is 15.0. The lowest BCUT2D eigenvalue weighted by molar-refractivity contribution is 0.0696. The molecule has 5 nitrogen and oxygen atoms in total. The summed E-state index contributed by atoms with van der Waals surface area (Å²) in [5.74, 6) is -0.998. The average Bonchev–Trinajstić information content (AvgIpc) is 2.99. The zero-order valence-electron chi connectivity index (χ0n) is 11.8. The second-order valence-electron chi connectivity index (χ2n) is 4.83. The lowest BCUT2D eigenvalue weighted by Gasteiger charge is -2.03. The summed E-state index contributed by atoms with van der Waals surface area (Å²) in [6, 6.07) is 13.3. The normalized spacial score (nSPS) is 10.5. The van der Waals surface area contributed by atoms with Crippen LogP contribution in [0.25, 0.3) is 16.9 Å². The van der Waals surface area contributed by atoms with Gasteiger partial charge in [-0.3, -0.25) is 4.79 Å². The van der Waals surface area contributed by atoms with E-state index in [1.54, 1.807) is 36.5 Å². The van der Waals surface area contributed by atoms with E-state index in [-0.39, 0.29) is 5.56 Å². The quantitative estimate of drug-likeness (QED) is 0.742. The van der Waals surface area contributed by atoms with E-state index in [4.69, 9.17) is 16.7 Å². The second kappa shape index (κ2) is 6.06. The fourth-order valence-corrected chi connectivity index (χ4v) is 2.45. The maximum atomic E-state index is 11.3. The van der Waals surface area contributed by atoms with Crippen LogP contribution in [0.1, 0.15) is 20.7 Å². The number of carbonyl (C=O) groups is 2. The molecular weight excluding hydrogens is 316 g/mol. The molecule has 6 heteroatoms. The van der Waals surface area contributed by atoms with Crippen LogP contribution >= 0.6 is 11.6 Å². The zero-order valence-corrected chi connectivity index (χ0v) is 12.6. The molecule has 0 amide bonds. The Balaban J connectivity index is 2.07. The lowest BCUT2D eigenvalue weighted by atomic mass is 10.1. The number of aromatic carboxylic acids is 1. The SMILES string of the molecule is O=Cc1cn(-c2ccc(C(=O)O)cc2)nc1-c1ccccc1Cl. The minimum Gasteiger partial charge on any atom is -0.478 e. The molecule has 1 heterocycles. The van der Waals surface area contributed by atoms with E-state index in [1.165, 1.54) is 16.8 Å². The second-order valence-corrected chi connectivity index (χ2v) is 5.23. The van der Waals surface area contributed by atoms with Crippen LogP contribution in [-0.4, -0.2) is 27.1 Å². The highest BCUT2D eigenvalue weighted by Gasteiger charge is 2.14. The molecule has 0 saturated heterocycles. The molecule has 0 radical (unpaired) electrons. The highest BCUT2D eigenvalue weighted by Crippen LogP contribution is 2.29. The van der Waals surface area contributed by atoms with E-state index in [2.05, 4.69) is 5.10 Å². The van der Waals surface area contributed by atoms with Gasteiger partial charge in [0.2, 0.25) is 0 Å². The molecule has 0 aliphatic carbocycles. The van der Waals surface area contributed by atoms with E-state index < -0.39 is 5.97 Å². The monoisotopic (exact) mass is 326 g/mol. The molecule has 0 unspecified atom stereocenters. The summed E-state index contributed by atoms with van der Waals surface area (Å²) >= 11 is 6.17. The van der Waals surface area contributed by atoms with Crippen LogP contribution in [0.3, 0.4) is 0 Å². The number of carboxylic acids is 1. The van der Waals surface area contributed by atoms with Gasteiger partial charge in [-0.15, -0.1) is 0 Å². The fourth-order valence-electron chi connectivity index (χ4n) is 2.23. The minimum atomic E-state index is -0.998. The molecule has 0 fully saturated rings. The summed E-state index contributed by atoms with van der Waals surface area (Å²) in [7, 11) is 0. The number of carboxylic acid groups (broad SMARTS) is 1. The molecule has 0 bridgehead atoms. The Morgan fingerprint density at radius 1 is 1.13 bits per heavy atom. The average molecular weight is 327 g/mol. The summed E-state index contributed by atoms with van der Waals surface area (Å²) in [5.41, 5.74) is 2.38. The van der Waals surface area contributed by atoms with Crippen LogP contribution in [0.5, 0.6) is 0 Å². The van der Waals surface area contributed by atoms with Gasteiger partial charge in [0, 0.05) is 11.8 Å². The highest BCUT2D eigenvalue weighted by molar-refractivity contribution is 6.33. The van der Waals surface area contributed by atoms with Crippen molar-refractivity contribution in [2.24, 2.45) is 0 Å². The zero-order chi connectivity index (χ0) is 16.4. The summed E-state index contributed by atoms with van der Waals surface area (Å²) in [5, 5.41) is 13.8. The maximum Gasteiger partial charge on any atom is 0.335 e. The van der Waals surface area contributed by atoms with Crippen molar-refractivity contribution in [2.45, 2.75) is 0 Å². The van der Waals surface area contributed by atoms with Crippen molar-refractivity contribution in [3.8, 4) is 16.9 Å². The third-order valence-electron chi connectivity index (χ3n) is 3.38. The third-order valence-corrected chi connectivity index (χ3v) is 3.71. The van der Waals surface area contributed by atoms with Gasteiger partial charge in [-0.05, 0) is 30.3 Å². The molecule has 0 atom stereocenters. The van der Waals surface area contributed by atoms with Crippen molar-refractivity contribution in [2.75, 3.05) is 0 Å². The van der Waals surface area contributed by atoms with Crippen LogP contribution in [0.4, 0.5) is 0 Å². The van der Waals surface area contributed by atoms with Crippen molar-refractivity contribution >= 4 is 23.9 Å². The van der Waals surface area contributed by atoms with Crippen molar-refractivity contribution in [3.05, 3.63) is 70.9 Å². The molecule has 23 heavy (non-hydrogen) atoms. The molecule has 114 valence electrons. The first-order chi connectivity index (χ1) is 11.1. The summed E-state index contributed by atoms with van der Waals surface area (Å²) < 4.78 is 1.52. The smallest absolute Gasteiger partial charge is 0.335 e. The van der Waals surface area contributed by atoms with Crippen molar-refractivity contribution in [1.29, 1.82) is 0 Å². The van der Waals surface area contributed by atoms with Crippen LogP contribution in [-0.2, 0) is 0 Å².